The molecule has 118 valence electrons. The molecule has 0 amide bonds. The summed E-state index contributed by atoms with van der Waals surface area (Å²) < 4.78 is 27.4. The molecule has 0 fully saturated rings. The van der Waals surface area contributed by atoms with Gasteiger partial charge in [0.15, 0.2) is 0 Å². The Bertz CT molecular complexity index is 634. The molecular weight excluding hydrogens is 308 g/mol. The van der Waals surface area contributed by atoms with Gasteiger partial charge in [-0.25, -0.2) is 8.42 Å². The number of hydrogen-bond donors (Lipinski definition) is 1. The van der Waals surface area contributed by atoms with Gasteiger partial charge >= 0.3 is 0 Å². The molecule has 0 heterocycles. The van der Waals surface area contributed by atoms with Gasteiger partial charge in [0.2, 0.25) is 10.0 Å². The second-order valence-electron chi connectivity index (χ2n) is 5.89. The number of rotatable bonds is 5. The first-order valence-electron chi connectivity index (χ1n) is 6.68. The van der Waals surface area contributed by atoms with E-state index in [0.717, 1.165) is 5.56 Å². The van der Waals surface area contributed by atoms with Crippen molar-refractivity contribution in [1.82, 2.24) is 4.31 Å². The molecule has 0 aliphatic heterocycles. The van der Waals surface area contributed by atoms with Gasteiger partial charge in [-0.05, 0) is 51.0 Å². The minimum atomic E-state index is -3.68. The third kappa shape index (κ3) is 3.86. The molecule has 6 heteroatoms. The molecular formula is C15H23ClN2O2S. The van der Waals surface area contributed by atoms with Gasteiger partial charge in [-0.3, -0.25) is 0 Å². The second-order valence-corrected chi connectivity index (χ2v) is 8.15. The smallest absolute Gasteiger partial charge is 0.244 e. The Kier molecular flexibility index (Phi) is 5.61. The maximum atomic E-state index is 13.0. The molecule has 4 nitrogen and oxygen atoms in total. The van der Waals surface area contributed by atoms with Gasteiger partial charge in [-0.2, -0.15) is 4.31 Å². The highest BCUT2D eigenvalue weighted by atomic mass is 35.5. The maximum absolute atomic E-state index is 13.0. The summed E-state index contributed by atoms with van der Waals surface area (Å²) in [6.07, 6.45) is 1.58. The lowest BCUT2D eigenvalue weighted by atomic mass is 10.1. The quantitative estimate of drug-likeness (QED) is 0.844. The molecule has 1 rings (SSSR count). The summed E-state index contributed by atoms with van der Waals surface area (Å²) in [7, 11) is -3.68. The largest absolute Gasteiger partial charge is 0.326 e. The second kappa shape index (κ2) is 6.48. The number of sulfonamides is 1. The summed E-state index contributed by atoms with van der Waals surface area (Å²) in [5.41, 5.74) is 6.47. The molecule has 0 saturated carbocycles. The summed E-state index contributed by atoms with van der Waals surface area (Å²) in [5.74, 6) is 0. The van der Waals surface area contributed by atoms with Crippen molar-refractivity contribution in [2.45, 2.75) is 44.7 Å². The summed E-state index contributed by atoms with van der Waals surface area (Å²) in [5, 5.41) is 0.368. The number of halogens is 1. The zero-order valence-electron chi connectivity index (χ0n) is 13.0. The number of hydrogen-bond acceptors (Lipinski definition) is 3. The molecule has 0 unspecified atom stereocenters. The van der Waals surface area contributed by atoms with Crippen LogP contribution in [0.25, 0.3) is 0 Å². The van der Waals surface area contributed by atoms with Crippen molar-refractivity contribution >= 4 is 21.6 Å². The predicted molar refractivity (Wildman–Crippen MR) is 87.9 cm³/mol. The van der Waals surface area contributed by atoms with Crippen molar-refractivity contribution in [3.63, 3.8) is 0 Å². The van der Waals surface area contributed by atoms with E-state index in [-0.39, 0.29) is 18.0 Å². The van der Waals surface area contributed by atoms with Gasteiger partial charge in [0, 0.05) is 23.7 Å². The molecule has 0 saturated heterocycles. The van der Waals surface area contributed by atoms with E-state index in [1.165, 1.54) is 10.4 Å². The Hall–Kier alpha value is -0.880. The van der Waals surface area contributed by atoms with Crippen LogP contribution in [0.5, 0.6) is 0 Å². The Morgan fingerprint density at radius 1 is 1.38 bits per heavy atom. The van der Waals surface area contributed by atoms with Crippen LogP contribution in [0.2, 0.25) is 5.02 Å². The van der Waals surface area contributed by atoms with E-state index in [4.69, 9.17) is 17.3 Å². The predicted octanol–water partition coefficient (Wildman–Crippen LogP) is 3.08. The molecule has 1 aromatic rings. The minimum absolute atomic E-state index is 0.201. The van der Waals surface area contributed by atoms with Crippen molar-refractivity contribution in [1.29, 1.82) is 0 Å². The Balaban J connectivity index is 3.56. The number of nitrogens with two attached hydrogens (primary N) is 1. The average molecular weight is 331 g/mol. The minimum Gasteiger partial charge on any atom is -0.326 e. The van der Waals surface area contributed by atoms with Crippen LogP contribution in [0.4, 0.5) is 0 Å². The Morgan fingerprint density at radius 3 is 2.38 bits per heavy atom. The van der Waals surface area contributed by atoms with Gasteiger partial charge in [-0.15, -0.1) is 6.58 Å². The number of benzene rings is 1. The standard InChI is InChI=1S/C15H23ClN2O2S/c1-6-7-18(15(3,4)5)21(19,20)14-9-13(16)8-12(10-17)11(14)2/h6,8-9H,1,7,10,17H2,2-5H3. The molecule has 2 N–H and O–H groups in total. The van der Waals surface area contributed by atoms with E-state index in [0.29, 0.717) is 10.6 Å². The fourth-order valence-corrected chi connectivity index (χ4v) is 4.52. The van der Waals surface area contributed by atoms with Crippen LogP contribution in [0.15, 0.2) is 29.7 Å². The number of nitrogens with zero attached hydrogens (tertiary/aromatic N) is 1. The highest BCUT2D eigenvalue weighted by Crippen LogP contribution is 2.30. The van der Waals surface area contributed by atoms with Crippen molar-refractivity contribution in [3.8, 4) is 0 Å². The van der Waals surface area contributed by atoms with Gasteiger partial charge in [-0.1, -0.05) is 17.7 Å². The lowest BCUT2D eigenvalue weighted by Crippen LogP contribution is -2.45. The van der Waals surface area contributed by atoms with Crippen LogP contribution < -0.4 is 5.73 Å². The molecule has 1 aromatic carbocycles. The molecule has 0 aliphatic rings. The zero-order valence-corrected chi connectivity index (χ0v) is 14.6. The van der Waals surface area contributed by atoms with Crippen LogP contribution in [-0.2, 0) is 16.6 Å². The highest BCUT2D eigenvalue weighted by Gasteiger charge is 2.34. The molecule has 0 bridgehead atoms. The highest BCUT2D eigenvalue weighted by molar-refractivity contribution is 7.89. The van der Waals surface area contributed by atoms with Crippen LogP contribution in [0, 0.1) is 6.92 Å². The van der Waals surface area contributed by atoms with E-state index >= 15 is 0 Å². The maximum Gasteiger partial charge on any atom is 0.244 e. The van der Waals surface area contributed by atoms with Crippen molar-refractivity contribution in [2.24, 2.45) is 5.73 Å². The van der Waals surface area contributed by atoms with Crippen molar-refractivity contribution in [3.05, 3.63) is 40.9 Å². The van der Waals surface area contributed by atoms with Crippen molar-refractivity contribution in [2.75, 3.05) is 6.54 Å². The Morgan fingerprint density at radius 2 is 1.95 bits per heavy atom. The van der Waals surface area contributed by atoms with E-state index in [9.17, 15) is 8.42 Å². The van der Waals surface area contributed by atoms with Crippen LogP contribution >= 0.6 is 11.6 Å². The van der Waals surface area contributed by atoms with Gasteiger partial charge in [0.1, 0.15) is 0 Å². The first-order valence-corrected chi connectivity index (χ1v) is 8.50. The monoisotopic (exact) mass is 330 g/mol. The summed E-state index contributed by atoms with van der Waals surface area (Å²) in [4.78, 5) is 0.201. The lowest BCUT2D eigenvalue weighted by Gasteiger charge is -2.34. The molecule has 0 aliphatic carbocycles. The third-order valence-corrected chi connectivity index (χ3v) is 5.74. The lowest BCUT2D eigenvalue weighted by molar-refractivity contribution is 0.269. The zero-order chi connectivity index (χ0) is 16.4. The normalized spacial score (nSPS) is 12.7. The topological polar surface area (TPSA) is 63.4 Å². The van der Waals surface area contributed by atoms with E-state index in [1.54, 1.807) is 19.1 Å². The molecule has 0 aromatic heterocycles. The van der Waals surface area contributed by atoms with Gasteiger partial charge < -0.3 is 5.73 Å². The van der Waals surface area contributed by atoms with Gasteiger partial charge in [0.25, 0.3) is 0 Å². The average Bonchev–Trinajstić information content (AvgIpc) is 2.36. The van der Waals surface area contributed by atoms with E-state index < -0.39 is 15.6 Å². The third-order valence-electron chi connectivity index (χ3n) is 3.26. The van der Waals surface area contributed by atoms with Crippen LogP contribution in [0.3, 0.4) is 0 Å². The van der Waals surface area contributed by atoms with Crippen molar-refractivity contribution < 1.29 is 8.42 Å². The van der Waals surface area contributed by atoms with Crippen LogP contribution in [-0.4, -0.2) is 24.8 Å². The first-order chi connectivity index (χ1) is 9.55. The molecule has 0 atom stereocenters. The summed E-state index contributed by atoms with van der Waals surface area (Å²) in [6.45, 7) is 11.4. The fraction of sp³-hybridized carbons (Fsp3) is 0.467. The first kappa shape index (κ1) is 18.2. The fourth-order valence-electron chi connectivity index (χ4n) is 2.16. The SMILES string of the molecule is C=CCN(C(C)(C)C)S(=O)(=O)c1cc(Cl)cc(CN)c1C. The summed E-state index contributed by atoms with van der Waals surface area (Å²) >= 11 is 6.04. The van der Waals surface area contributed by atoms with E-state index in [1.807, 2.05) is 20.8 Å². The molecule has 21 heavy (non-hydrogen) atoms. The molecule has 0 radical (unpaired) electrons. The molecule has 0 spiro atoms. The van der Waals surface area contributed by atoms with Crippen LogP contribution in [0.1, 0.15) is 31.9 Å². The van der Waals surface area contributed by atoms with E-state index in [2.05, 4.69) is 6.58 Å². The Labute approximate surface area is 132 Å². The van der Waals surface area contributed by atoms with Gasteiger partial charge in [0.05, 0.1) is 4.90 Å². The summed E-state index contributed by atoms with van der Waals surface area (Å²) in [6, 6.07) is 3.18.